The zero-order valence-electron chi connectivity index (χ0n) is 11.9. The summed E-state index contributed by atoms with van der Waals surface area (Å²) in [6.45, 7) is 5.09. The van der Waals surface area contributed by atoms with Crippen molar-refractivity contribution in [3.63, 3.8) is 0 Å². The highest BCUT2D eigenvalue weighted by molar-refractivity contribution is 5.44. The van der Waals surface area contributed by atoms with Gasteiger partial charge < -0.3 is 5.32 Å². The molecule has 0 saturated heterocycles. The minimum Gasteiger partial charge on any atom is -0.308 e. The Morgan fingerprint density at radius 3 is 2.60 bits per heavy atom. The summed E-state index contributed by atoms with van der Waals surface area (Å²) in [6.07, 6.45) is 1.84. The van der Waals surface area contributed by atoms with Crippen molar-refractivity contribution in [2.24, 2.45) is 7.05 Å². The van der Waals surface area contributed by atoms with Gasteiger partial charge in [0.1, 0.15) is 0 Å². The molecule has 2 aromatic rings. The van der Waals surface area contributed by atoms with Crippen LogP contribution in [0.25, 0.3) is 0 Å². The van der Waals surface area contributed by atoms with Gasteiger partial charge in [-0.25, -0.2) is 0 Å². The normalized spacial score (nSPS) is 10.8. The Labute approximate surface area is 117 Å². The van der Waals surface area contributed by atoms with Gasteiger partial charge in [-0.2, -0.15) is 5.10 Å². The SMILES string of the molecule is Cc1c(CNCc2cnn(C)c2C)cccc1[N+](=O)[O-]. The zero-order valence-corrected chi connectivity index (χ0v) is 11.9. The maximum Gasteiger partial charge on any atom is 0.272 e. The van der Waals surface area contributed by atoms with Crippen molar-refractivity contribution in [1.82, 2.24) is 15.1 Å². The van der Waals surface area contributed by atoms with Crippen molar-refractivity contribution in [3.05, 3.63) is 56.9 Å². The third-order valence-electron chi connectivity index (χ3n) is 3.58. The summed E-state index contributed by atoms with van der Waals surface area (Å²) >= 11 is 0. The van der Waals surface area contributed by atoms with Gasteiger partial charge in [-0.1, -0.05) is 12.1 Å². The lowest BCUT2D eigenvalue weighted by atomic mass is 10.1. The molecule has 1 aromatic heterocycles. The number of rotatable bonds is 5. The number of hydrogen-bond acceptors (Lipinski definition) is 4. The van der Waals surface area contributed by atoms with Crippen LogP contribution in [0.15, 0.2) is 24.4 Å². The molecule has 6 nitrogen and oxygen atoms in total. The molecule has 0 aliphatic heterocycles. The molecule has 20 heavy (non-hydrogen) atoms. The van der Waals surface area contributed by atoms with Crippen LogP contribution < -0.4 is 5.32 Å². The molecule has 0 aliphatic rings. The Kier molecular flexibility index (Phi) is 4.14. The summed E-state index contributed by atoms with van der Waals surface area (Å²) in [4.78, 5) is 10.5. The van der Waals surface area contributed by atoms with Crippen LogP contribution in [0, 0.1) is 24.0 Å². The molecule has 0 atom stereocenters. The maximum absolute atomic E-state index is 10.9. The molecule has 1 aromatic carbocycles. The van der Waals surface area contributed by atoms with E-state index in [1.165, 1.54) is 6.07 Å². The van der Waals surface area contributed by atoms with E-state index in [0.717, 1.165) is 16.8 Å². The number of nitrogens with zero attached hydrogens (tertiary/aromatic N) is 3. The fourth-order valence-electron chi connectivity index (χ4n) is 2.11. The second-order valence-electron chi connectivity index (χ2n) is 4.80. The Morgan fingerprint density at radius 2 is 2.00 bits per heavy atom. The third kappa shape index (κ3) is 2.85. The summed E-state index contributed by atoms with van der Waals surface area (Å²) < 4.78 is 1.83. The molecule has 1 heterocycles. The molecule has 0 unspecified atom stereocenters. The number of aryl methyl sites for hydroxylation is 1. The molecule has 0 spiro atoms. The molecule has 2 rings (SSSR count). The summed E-state index contributed by atoms with van der Waals surface area (Å²) in [5.41, 5.74) is 4.08. The van der Waals surface area contributed by atoms with Crippen molar-refractivity contribution < 1.29 is 4.92 Å². The van der Waals surface area contributed by atoms with Gasteiger partial charge in [-0.15, -0.1) is 0 Å². The number of nitro groups is 1. The lowest BCUT2D eigenvalue weighted by Crippen LogP contribution is -2.14. The number of hydrogen-bond donors (Lipinski definition) is 1. The van der Waals surface area contributed by atoms with Crippen LogP contribution in [-0.2, 0) is 20.1 Å². The van der Waals surface area contributed by atoms with Gasteiger partial charge in [0.05, 0.1) is 11.1 Å². The first-order chi connectivity index (χ1) is 9.50. The molecule has 0 amide bonds. The van der Waals surface area contributed by atoms with E-state index < -0.39 is 0 Å². The second-order valence-corrected chi connectivity index (χ2v) is 4.80. The van der Waals surface area contributed by atoms with Gasteiger partial charge >= 0.3 is 0 Å². The molecule has 0 bridgehead atoms. The van der Waals surface area contributed by atoms with E-state index in [4.69, 9.17) is 0 Å². The quantitative estimate of drug-likeness (QED) is 0.670. The van der Waals surface area contributed by atoms with Crippen molar-refractivity contribution in [3.8, 4) is 0 Å². The van der Waals surface area contributed by atoms with Gasteiger partial charge in [-0.05, 0) is 19.4 Å². The van der Waals surface area contributed by atoms with Crippen LogP contribution in [0.2, 0.25) is 0 Å². The first-order valence-electron chi connectivity index (χ1n) is 6.41. The van der Waals surface area contributed by atoms with Gasteiger partial charge in [0, 0.05) is 43.0 Å². The Bertz CT molecular complexity index is 634. The highest BCUT2D eigenvalue weighted by Crippen LogP contribution is 2.20. The first kappa shape index (κ1) is 14.2. The van der Waals surface area contributed by atoms with Crippen LogP contribution >= 0.6 is 0 Å². The maximum atomic E-state index is 10.9. The van der Waals surface area contributed by atoms with E-state index in [9.17, 15) is 10.1 Å². The van der Waals surface area contributed by atoms with E-state index in [-0.39, 0.29) is 10.6 Å². The minimum atomic E-state index is -0.343. The average Bonchev–Trinajstić information content (AvgIpc) is 2.72. The van der Waals surface area contributed by atoms with Gasteiger partial charge in [0.2, 0.25) is 0 Å². The topological polar surface area (TPSA) is 73.0 Å². The van der Waals surface area contributed by atoms with Crippen LogP contribution in [0.3, 0.4) is 0 Å². The number of benzene rings is 1. The smallest absolute Gasteiger partial charge is 0.272 e. The van der Waals surface area contributed by atoms with Crippen LogP contribution in [0.4, 0.5) is 5.69 Å². The van der Waals surface area contributed by atoms with E-state index in [0.29, 0.717) is 18.7 Å². The molecule has 0 saturated carbocycles. The molecule has 0 aliphatic carbocycles. The number of nitrogens with one attached hydrogen (secondary N) is 1. The van der Waals surface area contributed by atoms with Crippen molar-refractivity contribution in [1.29, 1.82) is 0 Å². The van der Waals surface area contributed by atoms with Crippen LogP contribution in [-0.4, -0.2) is 14.7 Å². The van der Waals surface area contributed by atoms with Crippen LogP contribution in [0.5, 0.6) is 0 Å². The van der Waals surface area contributed by atoms with E-state index >= 15 is 0 Å². The minimum absolute atomic E-state index is 0.168. The molecule has 106 valence electrons. The number of nitro benzene ring substituents is 1. The molecule has 6 heteroatoms. The molecule has 0 fully saturated rings. The predicted octanol–water partition coefficient (Wildman–Crippen LogP) is 2.23. The summed E-state index contributed by atoms with van der Waals surface area (Å²) in [7, 11) is 1.91. The predicted molar refractivity (Wildman–Crippen MR) is 76.3 cm³/mol. The van der Waals surface area contributed by atoms with Crippen molar-refractivity contribution >= 4 is 5.69 Å². The zero-order chi connectivity index (χ0) is 14.7. The molecular formula is C14H18N4O2. The van der Waals surface area contributed by atoms with Gasteiger partial charge in [0.25, 0.3) is 5.69 Å². The number of aromatic nitrogens is 2. The highest BCUT2D eigenvalue weighted by Gasteiger charge is 2.12. The molecule has 0 radical (unpaired) electrons. The van der Waals surface area contributed by atoms with Gasteiger partial charge in [0.15, 0.2) is 0 Å². The van der Waals surface area contributed by atoms with E-state index in [2.05, 4.69) is 10.4 Å². The Morgan fingerprint density at radius 1 is 1.30 bits per heavy atom. The monoisotopic (exact) mass is 274 g/mol. The Hall–Kier alpha value is -2.21. The highest BCUT2D eigenvalue weighted by atomic mass is 16.6. The fourth-order valence-corrected chi connectivity index (χ4v) is 2.11. The first-order valence-corrected chi connectivity index (χ1v) is 6.41. The van der Waals surface area contributed by atoms with Crippen LogP contribution in [0.1, 0.15) is 22.4 Å². The van der Waals surface area contributed by atoms with Crippen molar-refractivity contribution in [2.45, 2.75) is 26.9 Å². The van der Waals surface area contributed by atoms with E-state index in [1.807, 2.05) is 30.9 Å². The Balaban J connectivity index is 2.03. The third-order valence-corrected chi connectivity index (χ3v) is 3.58. The second kappa shape index (κ2) is 5.83. The summed E-state index contributed by atoms with van der Waals surface area (Å²) in [5.74, 6) is 0. The van der Waals surface area contributed by atoms with Gasteiger partial charge in [-0.3, -0.25) is 14.8 Å². The summed E-state index contributed by atoms with van der Waals surface area (Å²) in [5, 5.41) is 18.4. The lowest BCUT2D eigenvalue weighted by molar-refractivity contribution is -0.385. The van der Waals surface area contributed by atoms with E-state index in [1.54, 1.807) is 13.0 Å². The fraction of sp³-hybridized carbons (Fsp3) is 0.357. The summed E-state index contributed by atoms with van der Waals surface area (Å²) in [6, 6.07) is 5.16. The molecule has 1 N–H and O–H groups in total. The standard InChI is InChI=1S/C14H18N4O2/c1-10-12(5-4-6-14(10)18(19)20)7-15-8-13-9-16-17(3)11(13)2/h4-6,9,15H,7-8H2,1-3H3. The van der Waals surface area contributed by atoms with Crippen molar-refractivity contribution in [2.75, 3.05) is 0 Å². The molecular weight excluding hydrogens is 256 g/mol. The average molecular weight is 274 g/mol. The lowest BCUT2D eigenvalue weighted by Gasteiger charge is -2.08. The largest absolute Gasteiger partial charge is 0.308 e.